The molecule has 1 aromatic rings. The van der Waals surface area contributed by atoms with Crippen LogP contribution in [0.15, 0.2) is 17.7 Å². The molecule has 2 fully saturated rings. The van der Waals surface area contributed by atoms with Gasteiger partial charge in [-0.15, -0.1) is 0 Å². The first-order chi connectivity index (χ1) is 10.7. The number of fused-ring (bicyclic) bond motifs is 2. The van der Waals surface area contributed by atoms with Gasteiger partial charge in [-0.25, -0.2) is 0 Å². The van der Waals surface area contributed by atoms with Crippen LogP contribution in [0.25, 0.3) is 6.08 Å². The normalized spacial score (nSPS) is 28.4. The summed E-state index contributed by atoms with van der Waals surface area (Å²) in [5, 5.41) is 1.32. The molecular formula is C18H22Cl2NO+. The van der Waals surface area contributed by atoms with Crippen molar-refractivity contribution in [2.75, 3.05) is 13.1 Å². The molecule has 0 unspecified atom stereocenters. The maximum absolute atomic E-state index is 6.65. The smallest absolute Gasteiger partial charge is 0.264 e. The van der Waals surface area contributed by atoms with Crippen LogP contribution >= 0.6 is 23.2 Å². The fraction of sp³-hybridized carbons (Fsp3) is 0.556. The molecule has 4 rings (SSSR count). The van der Waals surface area contributed by atoms with E-state index in [2.05, 4.69) is 6.08 Å². The summed E-state index contributed by atoms with van der Waals surface area (Å²) in [7, 11) is 0. The molecule has 2 nitrogen and oxygen atoms in total. The van der Waals surface area contributed by atoms with Crippen LogP contribution in [0.1, 0.15) is 50.5 Å². The molecule has 1 saturated carbocycles. The van der Waals surface area contributed by atoms with Crippen molar-refractivity contribution in [3.8, 4) is 5.75 Å². The van der Waals surface area contributed by atoms with Gasteiger partial charge in [0.15, 0.2) is 5.75 Å². The van der Waals surface area contributed by atoms with Crippen molar-refractivity contribution in [2.24, 2.45) is 0 Å². The average molecular weight is 339 g/mol. The summed E-state index contributed by atoms with van der Waals surface area (Å²) in [5.41, 5.74) is 2.31. The molecule has 2 aliphatic heterocycles. The summed E-state index contributed by atoms with van der Waals surface area (Å²) in [6.07, 6.45) is 11.0. The molecule has 2 heterocycles. The van der Waals surface area contributed by atoms with E-state index in [1.165, 1.54) is 50.8 Å². The second-order valence-electron chi connectivity index (χ2n) is 6.78. The van der Waals surface area contributed by atoms with Gasteiger partial charge in [0.2, 0.25) is 0 Å². The van der Waals surface area contributed by atoms with Gasteiger partial charge in [0, 0.05) is 22.6 Å². The maximum atomic E-state index is 6.65. The molecule has 1 aliphatic carbocycles. The lowest BCUT2D eigenvalue weighted by molar-refractivity contribution is -0.972. The molecule has 0 amide bonds. The van der Waals surface area contributed by atoms with Crippen molar-refractivity contribution in [3.05, 3.63) is 33.3 Å². The predicted molar refractivity (Wildman–Crippen MR) is 90.8 cm³/mol. The van der Waals surface area contributed by atoms with E-state index in [0.717, 1.165) is 24.2 Å². The van der Waals surface area contributed by atoms with E-state index in [9.17, 15) is 0 Å². The summed E-state index contributed by atoms with van der Waals surface area (Å²) < 4.78 is 6.65. The third-order valence-electron chi connectivity index (χ3n) is 5.42. The number of nitrogens with one attached hydrogen (secondary N) is 1. The Balaban J connectivity index is 1.80. The number of ether oxygens (including phenoxy) is 1. The van der Waals surface area contributed by atoms with Crippen LogP contribution in [0, 0.1) is 0 Å². The van der Waals surface area contributed by atoms with Gasteiger partial charge in [0.25, 0.3) is 5.72 Å². The SMILES string of the molecule is Clc1cc(Cl)c2c(c1)C=C1CCCC[C@]1([NH+]1CCCCC1)O2. The first kappa shape index (κ1) is 14.9. The number of hydrogen-bond donors (Lipinski definition) is 1. The first-order valence-electron chi connectivity index (χ1n) is 8.43. The number of rotatable bonds is 1. The monoisotopic (exact) mass is 338 g/mol. The van der Waals surface area contributed by atoms with Gasteiger partial charge in [0.1, 0.15) is 0 Å². The summed E-state index contributed by atoms with van der Waals surface area (Å²) in [5.74, 6) is 0.829. The molecule has 22 heavy (non-hydrogen) atoms. The van der Waals surface area contributed by atoms with Crippen molar-refractivity contribution in [3.63, 3.8) is 0 Å². The van der Waals surface area contributed by atoms with Crippen LogP contribution in [0.2, 0.25) is 10.0 Å². The van der Waals surface area contributed by atoms with Crippen LogP contribution < -0.4 is 9.64 Å². The van der Waals surface area contributed by atoms with Crippen molar-refractivity contribution in [1.82, 2.24) is 0 Å². The van der Waals surface area contributed by atoms with Gasteiger partial charge in [-0.05, 0) is 56.7 Å². The molecule has 1 aromatic carbocycles. The Labute approximate surface area is 142 Å². The Bertz CT molecular complexity index is 622. The van der Waals surface area contributed by atoms with Gasteiger partial charge in [-0.3, -0.25) is 4.90 Å². The third kappa shape index (κ3) is 2.36. The first-order valence-corrected chi connectivity index (χ1v) is 9.19. The van der Waals surface area contributed by atoms with Crippen LogP contribution in [-0.2, 0) is 0 Å². The molecule has 0 radical (unpaired) electrons. The highest BCUT2D eigenvalue weighted by Crippen LogP contribution is 2.44. The standard InChI is InChI=1S/C18H21Cl2NO/c19-15-11-13-10-14-6-2-3-7-18(14,21-8-4-1-5-9-21)22-17(13)16(20)12-15/h10-12H,1-9H2/p+1/t18-/m0/s1. The summed E-state index contributed by atoms with van der Waals surface area (Å²) in [6, 6.07) is 3.77. The zero-order valence-corrected chi connectivity index (χ0v) is 14.3. The number of piperidine rings is 1. The number of quaternary nitrogens is 1. The molecule has 0 aromatic heterocycles. The Morgan fingerprint density at radius 3 is 2.64 bits per heavy atom. The number of benzene rings is 1. The van der Waals surface area contributed by atoms with Crippen LogP contribution in [-0.4, -0.2) is 18.8 Å². The molecular weight excluding hydrogens is 317 g/mol. The fourth-order valence-corrected chi connectivity index (χ4v) is 4.92. The highest BCUT2D eigenvalue weighted by atomic mass is 35.5. The Morgan fingerprint density at radius 2 is 1.82 bits per heavy atom. The lowest BCUT2D eigenvalue weighted by Crippen LogP contribution is -3.22. The topological polar surface area (TPSA) is 13.7 Å². The molecule has 1 saturated heterocycles. The highest BCUT2D eigenvalue weighted by molar-refractivity contribution is 6.36. The number of halogens is 2. The zero-order chi connectivity index (χ0) is 15.2. The lowest BCUT2D eigenvalue weighted by atomic mass is 9.81. The Kier molecular flexibility index (Phi) is 3.88. The van der Waals surface area contributed by atoms with Crippen molar-refractivity contribution < 1.29 is 9.64 Å². The van der Waals surface area contributed by atoms with Crippen molar-refractivity contribution >= 4 is 29.3 Å². The summed E-state index contributed by atoms with van der Waals surface area (Å²) >= 11 is 12.6. The molecule has 0 bridgehead atoms. The second kappa shape index (κ2) is 5.74. The van der Waals surface area contributed by atoms with Crippen LogP contribution in [0.5, 0.6) is 5.75 Å². The fourth-order valence-electron chi connectivity index (χ4n) is 4.37. The van der Waals surface area contributed by atoms with E-state index in [0.29, 0.717) is 10.0 Å². The Morgan fingerprint density at radius 1 is 1.00 bits per heavy atom. The van der Waals surface area contributed by atoms with E-state index < -0.39 is 0 Å². The Hall–Kier alpha value is -0.700. The number of hydrogen-bond acceptors (Lipinski definition) is 1. The quantitative estimate of drug-likeness (QED) is 0.813. The molecule has 1 atom stereocenters. The van der Waals surface area contributed by atoms with E-state index in [4.69, 9.17) is 27.9 Å². The van der Waals surface area contributed by atoms with Crippen molar-refractivity contribution in [1.29, 1.82) is 0 Å². The molecule has 3 aliphatic rings. The highest BCUT2D eigenvalue weighted by Gasteiger charge is 2.50. The molecule has 4 heteroatoms. The summed E-state index contributed by atoms with van der Waals surface area (Å²) in [4.78, 5) is 1.60. The van der Waals surface area contributed by atoms with Gasteiger partial charge in [-0.1, -0.05) is 23.2 Å². The largest absolute Gasteiger partial charge is 0.434 e. The van der Waals surface area contributed by atoms with Gasteiger partial charge >= 0.3 is 0 Å². The van der Waals surface area contributed by atoms with Gasteiger partial charge < -0.3 is 4.74 Å². The van der Waals surface area contributed by atoms with Gasteiger partial charge in [-0.2, -0.15) is 0 Å². The molecule has 0 spiro atoms. The van der Waals surface area contributed by atoms with E-state index in [1.54, 1.807) is 11.0 Å². The lowest BCUT2D eigenvalue weighted by Gasteiger charge is -2.47. The summed E-state index contributed by atoms with van der Waals surface area (Å²) in [6.45, 7) is 2.41. The molecule has 118 valence electrons. The van der Waals surface area contributed by atoms with E-state index in [-0.39, 0.29) is 5.72 Å². The van der Waals surface area contributed by atoms with Crippen molar-refractivity contribution in [2.45, 2.75) is 50.7 Å². The minimum absolute atomic E-state index is 0.177. The predicted octanol–water partition coefficient (Wildman–Crippen LogP) is 4.11. The second-order valence-corrected chi connectivity index (χ2v) is 7.62. The van der Waals surface area contributed by atoms with Crippen LogP contribution in [0.3, 0.4) is 0 Å². The zero-order valence-electron chi connectivity index (χ0n) is 12.8. The number of likely N-dealkylation sites (tertiary alicyclic amines) is 1. The third-order valence-corrected chi connectivity index (χ3v) is 5.91. The van der Waals surface area contributed by atoms with E-state index in [1.807, 2.05) is 6.07 Å². The molecule has 1 N–H and O–H groups in total. The van der Waals surface area contributed by atoms with Crippen LogP contribution in [0.4, 0.5) is 0 Å². The van der Waals surface area contributed by atoms with Gasteiger partial charge in [0.05, 0.1) is 18.1 Å². The maximum Gasteiger partial charge on any atom is 0.264 e. The minimum Gasteiger partial charge on any atom is -0.434 e. The average Bonchev–Trinajstić information content (AvgIpc) is 2.54. The van der Waals surface area contributed by atoms with E-state index >= 15 is 0 Å². The minimum atomic E-state index is -0.177.